The van der Waals surface area contributed by atoms with Crippen LogP contribution in [0.25, 0.3) is 0 Å². The van der Waals surface area contributed by atoms with E-state index < -0.39 is 11.7 Å². The molecule has 0 atom stereocenters. The molecule has 0 aromatic heterocycles. The van der Waals surface area contributed by atoms with Crippen LogP contribution in [0.1, 0.15) is 16.7 Å². The lowest BCUT2D eigenvalue weighted by Gasteiger charge is -2.14. The summed E-state index contributed by atoms with van der Waals surface area (Å²) in [5.74, 6) is 0. The second kappa shape index (κ2) is 6.28. The molecule has 2 aromatic carbocycles. The van der Waals surface area contributed by atoms with Crippen molar-refractivity contribution in [3.05, 3.63) is 62.6 Å². The van der Waals surface area contributed by atoms with Gasteiger partial charge in [0.1, 0.15) is 0 Å². The average molecular weight is 379 g/mol. The molecule has 0 saturated carbocycles. The van der Waals surface area contributed by atoms with Crippen LogP contribution in [-0.4, -0.2) is 0 Å². The molecule has 0 radical (unpaired) electrons. The highest BCUT2D eigenvalue weighted by Crippen LogP contribution is 2.32. The van der Waals surface area contributed by atoms with Gasteiger partial charge < -0.3 is 5.32 Å². The molecule has 112 valence electrons. The van der Waals surface area contributed by atoms with E-state index in [1.165, 1.54) is 6.07 Å². The molecule has 1 nitrogen and oxygen atoms in total. The van der Waals surface area contributed by atoms with Gasteiger partial charge in [-0.1, -0.05) is 39.7 Å². The van der Waals surface area contributed by atoms with Gasteiger partial charge in [-0.3, -0.25) is 0 Å². The molecule has 0 aliphatic heterocycles. The Bertz CT molecular complexity index is 656. The van der Waals surface area contributed by atoms with E-state index in [-0.39, 0.29) is 0 Å². The van der Waals surface area contributed by atoms with E-state index in [2.05, 4.69) is 21.2 Å². The Morgan fingerprint density at radius 3 is 2.48 bits per heavy atom. The number of nitrogens with one attached hydrogen (secondary N) is 1. The fraction of sp³-hybridized carbons (Fsp3) is 0.200. The van der Waals surface area contributed by atoms with Gasteiger partial charge in [-0.25, -0.2) is 0 Å². The number of alkyl halides is 3. The lowest BCUT2D eigenvalue weighted by molar-refractivity contribution is -0.137. The first kappa shape index (κ1) is 16.2. The minimum atomic E-state index is -4.35. The lowest BCUT2D eigenvalue weighted by Crippen LogP contribution is -2.07. The fourth-order valence-electron chi connectivity index (χ4n) is 1.84. The van der Waals surface area contributed by atoms with Gasteiger partial charge in [0.15, 0.2) is 0 Å². The maximum absolute atomic E-state index is 12.7. The SMILES string of the molecule is Cc1ccc(C(F)(F)F)cc1NCc1ccc(Br)cc1Cl. The molecule has 2 rings (SSSR count). The molecule has 21 heavy (non-hydrogen) atoms. The van der Waals surface area contributed by atoms with Crippen LogP contribution in [0, 0.1) is 6.92 Å². The number of rotatable bonds is 3. The number of hydrogen-bond acceptors (Lipinski definition) is 1. The number of halogens is 5. The Balaban J connectivity index is 2.19. The molecule has 0 unspecified atom stereocenters. The molecule has 0 saturated heterocycles. The van der Waals surface area contributed by atoms with E-state index in [1.54, 1.807) is 13.0 Å². The molecule has 0 amide bonds. The first-order valence-corrected chi connectivity index (χ1v) is 7.30. The van der Waals surface area contributed by atoms with Crippen molar-refractivity contribution in [2.75, 3.05) is 5.32 Å². The second-order valence-electron chi connectivity index (χ2n) is 4.62. The predicted octanol–water partition coefficient (Wildman–Crippen LogP) is 6.04. The Morgan fingerprint density at radius 2 is 1.86 bits per heavy atom. The Kier molecular flexibility index (Phi) is 4.84. The van der Waals surface area contributed by atoms with Gasteiger partial charge in [0, 0.05) is 21.7 Å². The zero-order valence-corrected chi connectivity index (χ0v) is 13.4. The average Bonchev–Trinajstić information content (AvgIpc) is 2.38. The van der Waals surface area contributed by atoms with Crippen molar-refractivity contribution in [1.82, 2.24) is 0 Å². The zero-order chi connectivity index (χ0) is 15.6. The largest absolute Gasteiger partial charge is 0.416 e. The lowest BCUT2D eigenvalue weighted by atomic mass is 10.1. The third-order valence-corrected chi connectivity index (χ3v) is 3.89. The summed E-state index contributed by atoms with van der Waals surface area (Å²) >= 11 is 9.39. The highest BCUT2D eigenvalue weighted by atomic mass is 79.9. The van der Waals surface area contributed by atoms with E-state index in [9.17, 15) is 13.2 Å². The first-order chi connectivity index (χ1) is 9.77. The summed E-state index contributed by atoms with van der Waals surface area (Å²) < 4.78 is 39.0. The summed E-state index contributed by atoms with van der Waals surface area (Å²) in [5.41, 5.74) is 1.34. The van der Waals surface area contributed by atoms with Crippen LogP contribution in [0.5, 0.6) is 0 Å². The molecular formula is C15H12BrClF3N. The van der Waals surface area contributed by atoms with Crippen LogP contribution in [0.2, 0.25) is 5.02 Å². The third kappa shape index (κ3) is 4.14. The number of hydrogen-bond donors (Lipinski definition) is 1. The van der Waals surface area contributed by atoms with Gasteiger partial charge in [0.05, 0.1) is 5.56 Å². The minimum Gasteiger partial charge on any atom is -0.381 e. The summed E-state index contributed by atoms with van der Waals surface area (Å²) in [7, 11) is 0. The van der Waals surface area contributed by atoms with Gasteiger partial charge in [-0.05, 0) is 42.3 Å². The van der Waals surface area contributed by atoms with Crippen LogP contribution < -0.4 is 5.32 Å². The Morgan fingerprint density at radius 1 is 1.14 bits per heavy atom. The van der Waals surface area contributed by atoms with E-state index in [0.717, 1.165) is 27.7 Å². The van der Waals surface area contributed by atoms with E-state index in [0.29, 0.717) is 17.3 Å². The second-order valence-corrected chi connectivity index (χ2v) is 5.94. The monoisotopic (exact) mass is 377 g/mol. The smallest absolute Gasteiger partial charge is 0.381 e. The molecule has 0 heterocycles. The van der Waals surface area contributed by atoms with Crippen LogP contribution in [-0.2, 0) is 12.7 Å². The van der Waals surface area contributed by atoms with E-state index >= 15 is 0 Å². The van der Waals surface area contributed by atoms with Gasteiger partial charge in [0.2, 0.25) is 0 Å². The predicted molar refractivity (Wildman–Crippen MR) is 82.7 cm³/mol. The van der Waals surface area contributed by atoms with Crippen molar-refractivity contribution in [2.24, 2.45) is 0 Å². The zero-order valence-electron chi connectivity index (χ0n) is 11.1. The topological polar surface area (TPSA) is 12.0 Å². The standard InChI is InChI=1S/C15H12BrClF3N/c1-9-2-4-11(15(18,19)20)6-14(9)21-8-10-3-5-12(16)7-13(10)17/h2-7,21H,8H2,1H3. The highest BCUT2D eigenvalue weighted by Gasteiger charge is 2.30. The fourth-order valence-corrected chi connectivity index (χ4v) is 2.58. The van der Waals surface area contributed by atoms with Crippen LogP contribution >= 0.6 is 27.5 Å². The molecule has 2 aromatic rings. The molecule has 0 spiro atoms. The quantitative estimate of drug-likeness (QED) is 0.686. The Hall–Kier alpha value is -1.20. The highest BCUT2D eigenvalue weighted by molar-refractivity contribution is 9.10. The normalized spacial score (nSPS) is 11.5. The van der Waals surface area contributed by atoms with Crippen molar-refractivity contribution in [1.29, 1.82) is 0 Å². The van der Waals surface area contributed by atoms with Gasteiger partial charge >= 0.3 is 6.18 Å². The van der Waals surface area contributed by atoms with Crippen molar-refractivity contribution in [3.8, 4) is 0 Å². The van der Waals surface area contributed by atoms with Crippen molar-refractivity contribution in [2.45, 2.75) is 19.6 Å². The molecule has 0 bridgehead atoms. The van der Waals surface area contributed by atoms with Gasteiger partial charge in [-0.2, -0.15) is 13.2 Å². The molecule has 0 aliphatic carbocycles. The van der Waals surface area contributed by atoms with Crippen LogP contribution in [0.3, 0.4) is 0 Å². The molecular weight excluding hydrogens is 367 g/mol. The van der Waals surface area contributed by atoms with Crippen LogP contribution in [0.4, 0.5) is 18.9 Å². The minimum absolute atomic E-state index is 0.355. The van der Waals surface area contributed by atoms with Crippen molar-refractivity contribution < 1.29 is 13.2 Å². The molecule has 0 fully saturated rings. The number of benzene rings is 2. The summed E-state index contributed by atoms with van der Waals surface area (Å²) in [4.78, 5) is 0. The third-order valence-electron chi connectivity index (χ3n) is 3.05. The van der Waals surface area contributed by atoms with Gasteiger partial charge in [0.25, 0.3) is 0 Å². The summed E-state index contributed by atoms with van der Waals surface area (Å²) in [5, 5.41) is 3.56. The van der Waals surface area contributed by atoms with Crippen molar-refractivity contribution in [3.63, 3.8) is 0 Å². The molecule has 1 N–H and O–H groups in total. The maximum atomic E-state index is 12.7. The number of anilines is 1. The van der Waals surface area contributed by atoms with E-state index in [4.69, 9.17) is 11.6 Å². The molecule has 6 heteroatoms. The number of aryl methyl sites for hydroxylation is 1. The molecule has 0 aliphatic rings. The Labute approximate surface area is 134 Å². The maximum Gasteiger partial charge on any atom is 0.416 e. The summed E-state index contributed by atoms with van der Waals surface area (Å²) in [6.07, 6.45) is -4.35. The van der Waals surface area contributed by atoms with E-state index in [1.807, 2.05) is 12.1 Å². The van der Waals surface area contributed by atoms with Crippen molar-refractivity contribution >= 4 is 33.2 Å². The van der Waals surface area contributed by atoms with Crippen LogP contribution in [0.15, 0.2) is 40.9 Å². The summed E-state index contributed by atoms with van der Waals surface area (Å²) in [6, 6.07) is 9.05. The van der Waals surface area contributed by atoms with Gasteiger partial charge in [-0.15, -0.1) is 0 Å². The first-order valence-electron chi connectivity index (χ1n) is 6.13. The summed E-state index contributed by atoms with van der Waals surface area (Å²) in [6.45, 7) is 2.11.